The molecular weight excluding hydrogens is 164 g/mol. The number of hydrogen-bond acceptors (Lipinski definition) is 2. The zero-order chi connectivity index (χ0) is 9.36. The molecule has 0 aromatic carbocycles. The Hall–Kier alpha value is -0.750. The van der Waals surface area contributed by atoms with Gasteiger partial charge in [-0.05, 0) is 45.3 Å². The Labute approximate surface area is 80.1 Å². The second-order valence-corrected chi connectivity index (χ2v) is 3.61. The predicted octanol–water partition coefficient (Wildman–Crippen LogP) is 2.47. The van der Waals surface area contributed by atoms with Crippen LogP contribution in [0.4, 0.5) is 0 Å². The molecule has 1 saturated heterocycles. The summed E-state index contributed by atoms with van der Waals surface area (Å²) in [4.78, 5) is 2.51. The molecule has 0 amide bonds. The summed E-state index contributed by atoms with van der Waals surface area (Å²) in [5, 5.41) is 12.3. The maximum Gasteiger partial charge on any atom is 0.298 e. The summed E-state index contributed by atoms with van der Waals surface area (Å²) in [6, 6.07) is 2.44. The molecule has 1 aliphatic rings. The van der Waals surface area contributed by atoms with Crippen molar-refractivity contribution >= 4 is 0 Å². The summed E-state index contributed by atoms with van der Waals surface area (Å²) in [6.07, 6.45) is 7.04. The molecule has 74 valence electrons. The number of hydrogen-bond donors (Lipinski definition) is 0. The van der Waals surface area contributed by atoms with Gasteiger partial charge in [0.25, 0.3) is 6.07 Å². The van der Waals surface area contributed by atoms with Crippen molar-refractivity contribution in [3.05, 3.63) is 10.2 Å². The summed E-state index contributed by atoms with van der Waals surface area (Å²) in [6.45, 7) is 3.71. The van der Waals surface area contributed by atoms with Crippen molar-refractivity contribution < 1.29 is 0 Å². The van der Waals surface area contributed by atoms with E-state index in [0.717, 1.165) is 12.8 Å². The van der Waals surface area contributed by atoms with Crippen molar-refractivity contribution in [3.8, 4) is 6.07 Å². The van der Waals surface area contributed by atoms with Crippen LogP contribution in [0, 0.1) is 11.3 Å². The second-order valence-electron chi connectivity index (χ2n) is 3.61. The minimum Gasteiger partial charge on any atom is -0.498 e. The zero-order valence-corrected chi connectivity index (χ0v) is 8.17. The fourth-order valence-electron chi connectivity index (χ4n) is 1.77. The minimum absolute atomic E-state index is 0.720. The fraction of sp³-hybridized carbons (Fsp3) is 0.900. The largest absolute Gasteiger partial charge is 0.498 e. The Morgan fingerprint density at radius 1 is 1.15 bits per heavy atom. The van der Waals surface area contributed by atoms with E-state index in [4.69, 9.17) is 0 Å². The highest BCUT2D eigenvalue weighted by molar-refractivity contribution is 4.86. The number of likely N-dealkylation sites (tertiary alicyclic amines) is 1. The molecule has 3 nitrogen and oxygen atoms in total. The molecule has 0 unspecified atom stereocenters. The van der Waals surface area contributed by atoms with Gasteiger partial charge in [-0.1, -0.05) is 6.42 Å². The SMILES string of the molecule is [O-][N+]#CCCCCN1CCCCC1. The van der Waals surface area contributed by atoms with Gasteiger partial charge in [0.05, 0.1) is 6.42 Å². The molecule has 1 fully saturated rings. The molecular formula is C10H18N2O. The molecule has 1 rings (SSSR count). The van der Waals surface area contributed by atoms with Gasteiger partial charge in [-0.25, -0.2) is 0 Å². The molecule has 0 aliphatic carbocycles. The standard InChI is InChI=1S/C10H18N2O/c13-11-7-3-1-4-8-12-9-5-2-6-10-12/h1-6,8-10H2. The van der Waals surface area contributed by atoms with Gasteiger partial charge in [0.15, 0.2) is 0 Å². The van der Waals surface area contributed by atoms with Crippen LogP contribution in [0.5, 0.6) is 0 Å². The van der Waals surface area contributed by atoms with Gasteiger partial charge in [-0.15, -0.1) is 0 Å². The van der Waals surface area contributed by atoms with E-state index in [2.05, 4.69) is 16.0 Å². The third-order valence-electron chi connectivity index (χ3n) is 2.53. The lowest BCUT2D eigenvalue weighted by molar-refractivity contribution is 0.225. The summed E-state index contributed by atoms with van der Waals surface area (Å²) >= 11 is 0. The van der Waals surface area contributed by atoms with Crippen LogP contribution in [0.1, 0.15) is 38.5 Å². The minimum atomic E-state index is 0.720. The molecule has 3 heteroatoms. The number of unbranched alkanes of at least 4 members (excludes halogenated alkanes) is 2. The van der Waals surface area contributed by atoms with Crippen LogP contribution in [0.15, 0.2) is 0 Å². The van der Waals surface area contributed by atoms with Crippen LogP contribution in [0.3, 0.4) is 0 Å². The molecule has 0 aromatic heterocycles. The van der Waals surface area contributed by atoms with Crippen LogP contribution in [0.2, 0.25) is 0 Å². The van der Waals surface area contributed by atoms with Crippen molar-refractivity contribution in [2.24, 2.45) is 0 Å². The first-order chi connectivity index (χ1) is 6.43. The van der Waals surface area contributed by atoms with Crippen LogP contribution in [0.25, 0.3) is 5.01 Å². The molecule has 0 aromatic rings. The summed E-state index contributed by atoms with van der Waals surface area (Å²) < 4.78 is 0. The lowest BCUT2D eigenvalue weighted by Gasteiger charge is -2.25. The summed E-state index contributed by atoms with van der Waals surface area (Å²) in [7, 11) is 0. The molecule has 0 saturated carbocycles. The predicted molar refractivity (Wildman–Crippen MR) is 54.8 cm³/mol. The normalized spacial score (nSPS) is 17.8. The van der Waals surface area contributed by atoms with Gasteiger partial charge in [-0.3, -0.25) is 0 Å². The van der Waals surface area contributed by atoms with Crippen molar-refractivity contribution in [2.45, 2.75) is 38.5 Å². The average molecular weight is 182 g/mol. The maximum atomic E-state index is 9.70. The van der Waals surface area contributed by atoms with E-state index in [1.165, 1.54) is 45.3 Å². The van der Waals surface area contributed by atoms with Crippen LogP contribution in [-0.2, 0) is 0 Å². The molecule has 0 N–H and O–H groups in total. The smallest absolute Gasteiger partial charge is 0.298 e. The molecule has 1 aliphatic heterocycles. The van der Waals surface area contributed by atoms with Gasteiger partial charge < -0.3 is 10.1 Å². The van der Waals surface area contributed by atoms with Crippen LogP contribution < -0.4 is 0 Å². The Balaban J connectivity index is 1.94. The molecule has 0 bridgehead atoms. The van der Waals surface area contributed by atoms with Crippen LogP contribution in [-0.4, -0.2) is 24.5 Å². The highest BCUT2D eigenvalue weighted by Crippen LogP contribution is 2.09. The number of nitrogens with zero attached hydrogens (tertiary/aromatic N) is 2. The topological polar surface area (TPSA) is 30.7 Å². The molecule has 13 heavy (non-hydrogen) atoms. The molecule has 1 heterocycles. The van der Waals surface area contributed by atoms with Crippen molar-refractivity contribution in [1.82, 2.24) is 4.90 Å². The zero-order valence-electron chi connectivity index (χ0n) is 8.17. The van der Waals surface area contributed by atoms with Crippen molar-refractivity contribution in [2.75, 3.05) is 19.6 Å². The van der Waals surface area contributed by atoms with E-state index in [9.17, 15) is 5.21 Å². The van der Waals surface area contributed by atoms with E-state index in [1.807, 2.05) is 0 Å². The highest BCUT2D eigenvalue weighted by atomic mass is 16.4. The Kier molecular flexibility index (Phi) is 5.35. The molecule has 0 atom stereocenters. The second kappa shape index (κ2) is 6.73. The lowest BCUT2D eigenvalue weighted by atomic mass is 10.1. The van der Waals surface area contributed by atoms with Crippen molar-refractivity contribution in [3.63, 3.8) is 0 Å². The van der Waals surface area contributed by atoms with Gasteiger partial charge in [0.2, 0.25) is 0 Å². The van der Waals surface area contributed by atoms with E-state index >= 15 is 0 Å². The Morgan fingerprint density at radius 2 is 1.92 bits per heavy atom. The van der Waals surface area contributed by atoms with E-state index in [-0.39, 0.29) is 0 Å². The fourth-order valence-corrected chi connectivity index (χ4v) is 1.77. The molecule has 0 spiro atoms. The lowest BCUT2D eigenvalue weighted by Crippen LogP contribution is -2.30. The van der Waals surface area contributed by atoms with E-state index in [1.54, 1.807) is 0 Å². The third-order valence-corrected chi connectivity index (χ3v) is 2.53. The van der Waals surface area contributed by atoms with Crippen molar-refractivity contribution in [1.29, 1.82) is 0 Å². The summed E-state index contributed by atoms with van der Waals surface area (Å²) in [5.74, 6) is 0. The maximum absolute atomic E-state index is 9.70. The Morgan fingerprint density at radius 3 is 2.62 bits per heavy atom. The first-order valence-electron chi connectivity index (χ1n) is 5.21. The average Bonchev–Trinajstić information content (AvgIpc) is 2.19. The Bertz CT molecular complexity index is 177. The number of rotatable bonds is 4. The first-order valence-corrected chi connectivity index (χ1v) is 5.21. The highest BCUT2D eigenvalue weighted by Gasteiger charge is 2.08. The van der Waals surface area contributed by atoms with E-state index < -0.39 is 0 Å². The first kappa shape index (κ1) is 10.3. The third kappa shape index (κ3) is 4.74. The molecule has 0 radical (unpaired) electrons. The summed E-state index contributed by atoms with van der Waals surface area (Å²) in [5.41, 5.74) is 0. The number of piperidine rings is 1. The van der Waals surface area contributed by atoms with Crippen LogP contribution >= 0.6 is 0 Å². The quantitative estimate of drug-likeness (QED) is 0.494. The van der Waals surface area contributed by atoms with Gasteiger partial charge in [0, 0.05) is 5.01 Å². The monoisotopic (exact) mass is 182 g/mol. The van der Waals surface area contributed by atoms with E-state index in [0.29, 0.717) is 0 Å². The van der Waals surface area contributed by atoms with Gasteiger partial charge in [0.1, 0.15) is 0 Å². The van der Waals surface area contributed by atoms with Gasteiger partial charge >= 0.3 is 0 Å². The van der Waals surface area contributed by atoms with Gasteiger partial charge in [-0.2, -0.15) is 0 Å².